The smallest absolute Gasteiger partial charge is 0.00912 e. The summed E-state index contributed by atoms with van der Waals surface area (Å²) in [4.78, 5) is 0. The van der Waals surface area contributed by atoms with Crippen molar-refractivity contribution in [3.63, 3.8) is 0 Å². The lowest BCUT2D eigenvalue weighted by molar-refractivity contribution is 0.0956. The quantitative estimate of drug-likeness (QED) is 0.498. The van der Waals surface area contributed by atoms with Crippen LogP contribution in [-0.4, -0.2) is 5.33 Å². The Morgan fingerprint density at radius 3 is 2.45 bits per heavy atom. The summed E-state index contributed by atoms with van der Waals surface area (Å²) in [5, 5.41) is 1.15. The van der Waals surface area contributed by atoms with E-state index in [1.807, 2.05) is 0 Å². The van der Waals surface area contributed by atoms with Crippen LogP contribution < -0.4 is 0 Å². The number of halogens is 1. The zero-order valence-corrected chi connectivity index (χ0v) is 9.08. The molecule has 0 aliphatic heterocycles. The van der Waals surface area contributed by atoms with Gasteiger partial charge in [-0.05, 0) is 37.5 Å². The van der Waals surface area contributed by atoms with Crippen molar-refractivity contribution >= 4 is 15.9 Å². The highest BCUT2D eigenvalue weighted by Crippen LogP contribution is 2.50. The van der Waals surface area contributed by atoms with Gasteiger partial charge in [-0.2, -0.15) is 0 Å². The van der Waals surface area contributed by atoms with Gasteiger partial charge < -0.3 is 0 Å². The van der Waals surface area contributed by atoms with Crippen molar-refractivity contribution in [2.45, 2.75) is 33.1 Å². The predicted octanol–water partition coefficient (Wildman–Crippen LogP) is 3.76. The summed E-state index contributed by atoms with van der Waals surface area (Å²) in [6.45, 7) is 8.44. The molecule has 0 N–H and O–H groups in total. The lowest BCUT2D eigenvalue weighted by Crippen LogP contribution is -2.37. The van der Waals surface area contributed by atoms with Gasteiger partial charge in [-0.3, -0.25) is 0 Å². The van der Waals surface area contributed by atoms with Crippen molar-refractivity contribution in [1.29, 1.82) is 0 Å². The summed E-state index contributed by atoms with van der Waals surface area (Å²) in [7, 11) is 0. The van der Waals surface area contributed by atoms with Crippen LogP contribution in [0.5, 0.6) is 0 Å². The molecule has 0 aromatic carbocycles. The maximum Gasteiger partial charge on any atom is 0.00912 e. The van der Waals surface area contributed by atoms with E-state index < -0.39 is 0 Å². The molecule has 1 saturated carbocycles. The van der Waals surface area contributed by atoms with E-state index in [-0.39, 0.29) is 0 Å². The summed E-state index contributed by atoms with van der Waals surface area (Å²) in [5.41, 5.74) is 1.90. The number of alkyl halides is 1. The van der Waals surface area contributed by atoms with Gasteiger partial charge in [-0.1, -0.05) is 28.4 Å². The molecule has 0 saturated heterocycles. The first-order chi connectivity index (χ1) is 5.08. The third-order valence-corrected chi connectivity index (χ3v) is 3.71. The highest BCUT2D eigenvalue weighted by Gasteiger charge is 2.40. The van der Waals surface area contributed by atoms with Crippen molar-refractivity contribution in [2.24, 2.45) is 11.3 Å². The van der Waals surface area contributed by atoms with Gasteiger partial charge in [0, 0.05) is 5.33 Å². The Balaban J connectivity index is 2.44. The topological polar surface area (TPSA) is 0 Å². The van der Waals surface area contributed by atoms with E-state index >= 15 is 0 Å². The fourth-order valence-corrected chi connectivity index (χ4v) is 3.02. The average molecular weight is 217 g/mol. The zero-order chi connectivity index (χ0) is 8.48. The Hall–Kier alpha value is 0.220. The van der Waals surface area contributed by atoms with E-state index in [0.29, 0.717) is 5.41 Å². The van der Waals surface area contributed by atoms with Crippen LogP contribution in [0.2, 0.25) is 0 Å². The highest BCUT2D eigenvalue weighted by atomic mass is 79.9. The molecule has 11 heavy (non-hydrogen) atoms. The molecule has 0 aromatic heterocycles. The molecular formula is C10H17Br. The SMILES string of the molecule is C=C(C)CC1(CBr)CC(C)C1. The predicted molar refractivity (Wildman–Crippen MR) is 54.1 cm³/mol. The highest BCUT2D eigenvalue weighted by molar-refractivity contribution is 9.09. The summed E-state index contributed by atoms with van der Waals surface area (Å²) in [6, 6.07) is 0. The molecule has 0 bridgehead atoms. The summed E-state index contributed by atoms with van der Waals surface area (Å²) >= 11 is 3.60. The molecule has 1 aliphatic carbocycles. The minimum absolute atomic E-state index is 0.575. The minimum atomic E-state index is 0.575. The van der Waals surface area contributed by atoms with E-state index in [1.54, 1.807) is 0 Å². The molecule has 0 unspecified atom stereocenters. The van der Waals surface area contributed by atoms with Crippen molar-refractivity contribution in [3.8, 4) is 0 Å². The third-order valence-electron chi connectivity index (χ3n) is 2.52. The summed E-state index contributed by atoms with van der Waals surface area (Å²) in [6.07, 6.45) is 3.97. The molecule has 0 amide bonds. The summed E-state index contributed by atoms with van der Waals surface area (Å²) in [5.74, 6) is 0.937. The number of hydrogen-bond acceptors (Lipinski definition) is 0. The molecule has 0 radical (unpaired) electrons. The monoisotopic (exact) mass is 216 g/mol. The largest absolute Gasteiger partial charge is 0.100 e. The number of rotatable bonds is 3. The van der Waals surface area contributed by atoms with Gasteiger partial charge in [0.25, 0.3) is 0 Å². The van der Waals surface area contributed by atoms with E-state index in [4.69, 9.17) is 0 Å². The van der Waals surface area contributed by atoms with Crippen LogP contribution >= 0.6 is 15.9 Å². The van der Waals surface area contributed by atoms with Crippen molar-refractivity contribution in [3.05, 3.63) is 12.2 Å². The second-order valence-electron chi connectivity index (χ2n) is 4.28. The fraction of sp³-hybridized carbons (Fsp3) is 0.800. The van der Waals surface area contributed by atoms with E-state index in [2.05, 4.69) is 36.4 Å². The van der Waals surface area contributed by atoms with Crippen molar-refractivity contribution in [1.82, 2.24) is 0 Å². The second kappa shape index (κ2) is 3.30. The van der Waals surface area contributed by atoms with Crippen molar-refractivity contribution < 1.29 is 0 Å². The molecular weight excluding hydrogens is 200 g/mol. The fourth-order valence-electron chi connectivity index (χ4n) is 2.36. The number of allylic oxidation sites excluding steroid dienone is 1. The number of hydrogen-bond donors (Lipinski definition) is 0. The van der Waals surface area contributed by atoms with E-state index in [0.717, 1.165) is 11.2 Å². The summed E-state index contributed by atoms with van der Waals surface area (Å²) < 4.78 is 0. The first-order valence-corrected chi connectivity index (χ1v) is 5.40. The van der Waals surface area contributed by atoms with Crippen LogP contribution in [-0.2, 0) is 0 Å². The maximum absolute atomic E-state index is 3.97. The Labute approximate surface area is 78.2 Å². The van der Waals surface area contributed by atoms with Gasteiger partial charge in [0.05, 0.1) is 0 Å². The molecule has 0 nitrogen and oxygen atoms in total. The van der Waals surface area contributed by atoms with Crippen LogP contribution in [0.15, 0.2) is 12.2 Å². The third kappa shape index (κ3) is 2.08. The van der Waals surface area contributed by atoms with Crippen LogP contribution in [0.3, 0.4) is 0 Å². The molecule has 0 heterocycles. The molecule has 1 aliphatic rings. The van der Waals surface area contributed by atoms with Gasteiger partial charge >= 0.3 is 0 Å². The van der Waals surface area contributed by atoms with Gasteiger partial charge in [0.2, 0.25) is 0 Å². The van der Waals surface area contributed by atoms with E-state index in [9.17, 15) is 0 Å². The van der Waals surface area contributed by atoms with Gasteiger partial charge in [-0.15, -0.1) is 6.58 Å². The van der Waals surface area contributed by atoms with Crippen LogP contribution in [0.4, 0.5) is 0 Å². The zero-order valence-electron chi connectivity index (χ0n) is 7.49. The Kier molecular flexibility index (Phi) is 2.79. The molecule has 0 atom stereocenters. The van der Waals surface area contributed by atoms with Crippen molar-refractivity contribution in [2.75, 3.05) is 5.33 Å². The molecule has 1 heteroatoms. The van der Waals surface area contributed by atoms with Gasteiger partial charge in [-0.25, -0.2) is 0 Å². The molecule has 1 rings (SSSR count). The minimum Gasteiger partial charge on any atom is -0.100 e. The Morgan fingerprint density at radius 1 is 1.64 bits per heavy atom. The van der Waals surface area contributed by atoms with Crippen LogP contribution in [0.1, 0.15) is 33.1 Å². The molecule has 0 spiro atoms. The lowest BCUT2D eigenvalue weighted by atomic mass is 9.61. The van der Waals surface area contributed by atoms with E-state index in [1.165, 1.54) is 24.8 Å². The second-order valence-corrected chi connectivity index (χ2v) is 4.84. The Bertz CT molecular complexity index is 154. The molecule has 0 aromatic rings. The molecule has 64 valence electrons. The maximum atomic E-state index is 3.97. The normalized spacial score (nSPS) is 36.5. The van der Waals surface area contributed by atoms with Crippen LogP contribution in [0, 0.1) is 11.3 Å². The first-order valence-electron chi connectivity index (χ1n) is 4.28. The lowest BCUT2D eigenvalue weighted by Gasteiger charge is -2.46. The Morgan fingerprint density at radius 2 is 2.18 bits per heavy atom. The molecule has 1 fully saturated rings. The average Bonchev–Trinajstić information content (AvgIpc) is 1.82. The first kappa shape index (κ1) is 9.31. The standard InChI is InChI=1S/C10H17Br/c1-8(2)4-10(7-11)5-9(3)6-10/h9H,1,4-7H2,2-3H3. The van der Waals surface area contributed by atoms with Crippen LogP contribution in [0.25, 0.3) is 0 Å². The van der Waals surface area contributed by atoms with Gasteiger partial charge in [0.1, 0.15) is 0 Å². The van der Waals surface area contributed by atoms with Gasteiger partial charge in [0.15, 0.2) is 0 Å².